The molecule has 4 aromatic heterocycles. The van der Waals surface area contributed by atoms with Crippen LogP contribution in [0.3, 0.4) is 0 Å². The number of fused-ring (bicyclic) bond motifs is 2. The van der Waals surface area contributed by atoms with E-state index < -0.39 is 24.2 Å². The molecule has 2 amide bonds. The highest BCUT2D eigenvalue weighted by atomic mass is 16.5. The van der Waals surface area contributed by atoms with Gasteiger partial charge in [-0.3, -0.25) is 14.5 Å². The molecule has 15 nitrogen and oxygen atoms in total. The van der Waals surface area contributed by atoms with E-state index in [1.54, 1.807) is 45.4 Å². The quantitative estimate of drug-likeness (QED) is 0.328. The summed E-state index contributed by atoms with van der Waals surface area (Å²) < 4.78 is 6.61. The molecule has 3 unspecified atom stereocenters. The van der Waals surface area contributed by atoms with Gasteiger partial charge < -0.3 is 29.3 Å². The van der Waals surface area contributed by atoms with Crippen molar-refractivity contribution in [2.45, 2.75) is 39.2 Å². The molecule has 0 radical (unpaired) electrons. The number of carbonyl (C=O) groups is 2. The second-order valence-electron chi connectivity index (χ2n) is 11.0. The van der Waals surface area contributed by atoms with Crippen molar-refractivity contribution in [1.82, 2.24) is 39.5 Å². The number of carbonyl (C=O) groups excluding carboxylic acids is 2. The molecule has 4 atom stereocenters. The lowest BCUT2D eigenvalue weighted by molar-refractivity contribution is -0.118. The monoisotopic (exact) mass is 571 g/mol. The third kappa shape index (κ3) is 4.51. The fourth-order valence-corrected chi connectivity index (χ4v) is 5.57. The highest BCUT2D eigenvalue weighted by molar-refractivity contribution is 6.01. The van der Waals surface area contributed by atoms with Crippen molar-refractivity contribution in [2.75, 3.05) is 35.3 Å². The molecule has 2 fully saturated rings. The van der Waals surface area contributed by atoms with Crippen molar-refractivity contribution in [3.05, 3.63) is 54.3 Å². The number of aliphatic hydroxyl groups is 1. The van der Waals surface area contributed by atoms with Gasteiger partial charge in [0.2, 0.25) is 24.1 Å². The summed E-state index contributed by atoms with van der Waals surface area (Å²) in [6, 6.07) is 4.47. The summed E-state index contributed by atoms with van der Waals surface area (Å²) in [5.41, 5.74) is 1.50. The van der Waals surface area contributed by atoms with Gasteiger partial charge in [0.1, 0.15) is 18.4 Å². The van der Waals surface area contributed by atoms with Crippen molar-refractivity contribution < 1.29 is 19.2 Å². The predicted octanol–water partition coefficient (Wildman–Crippen LogP) is 1.45. The van der Waals surface area contributed by atoms with Crippen LogP contribution in [0.4, 0.5) is 17.6 Å². The Morgan fingerprint density at radius 1 is 1.17 bits per heavy atom. The van der Waals surface area contributed by atoms with Crippen LogP contribution in [0.25, 0.3) is 11.3 Å². The number of aryl methyl sites for hydroxylation is 1. The molecule has 6 heterocycles. The summed E-state index contributed by atoms with van der Waals surface area (Å²) in [4.78, 5) is 53.8. The van der Waals surface area contributed by atoms with Gasteiger partial charge in [-0.2, -0.15) is 4.98 Å². The Morgan fingerprint density at radius 3 is 2.64 bits per heavy atom. The minimum absolute atomic E-state index is 0.114. The molecule has 2 aliphatic heterocycles. The van der Waals surface area contributed by atoms with Gasteiger partial charge in [-0.05, 0) is 44.2 Å². The van der Waals surface area contributed by atoms with E-state index in [1.165, 1.54) is 27.1 Å². The lowest BCUT2D eigenvalue weighted by Crippen LogP contribution is -2.54. The van der Waals surface area contributed by atoms with Gasteiger partial charge in [0.25, 0.3) is 5.91 Å². The molecule has 1 saturated heterocycles. The molecule has 0 bridgehead atoms. The molecular weight excluding hydrogens is 542 g/mol. The van der Waals surface area contributed by atoms with E-state index in [2.05, 4.69) is 40.3 Å². The third-order valence-electron chi connectivity index (χ3n) is 8.07. The topological polar surface area (TPSA) is 172 Å². The molecule has 15 heteroatoms. The SMILES string of the molecule is Cc1noc(CN2C(=O)c3c(ncn3[C@@H](C)C(=O)Nc3cccc(-c4cnc(N5CC6CC6C5)nc4)n3)N(C)C2O)n1. The van der Waals surface area contributed by atoms with E-state index >= 15 is 0 Å². The molecule has 3 aliphatic rings. The van der Waals surface area contributed by atoms with E-state index in [0.29, 0.717) is 17.3 Å². The van der Waals surface area contributed by atoms with E-state index in [-0.39, 0.29) is 23.9 Å². The fourth-order valence-electron chi connectivity index (χ4n) is 5.57. The summed E-state index contributed by atoms with van der Waals surface area (Å²) in [5.74, 6) is 2.55. The lowest BCUT2D eigenvalue weighted by Gasteiger charge is -2.38. The number of piperidine rings is 1. The number of aliphatic hydroxyl groups excluding tert-OH is 1. The maximum atomic E-state index is 13.5. The summed E-state index contributed by atoms with van der Waals surface area (Å²) >= 11 is 0. The molecule has 0 spiro atoms. The number of nitrogens with one attached hydrogen (secondary N) is 1. The van der Waals surface area contributed by atoms with Gasteiger partial charge >= 0.3 is 0 Å². The Kier molecular flexibility index (Phi) is 6.11. The predicted molar refractivity (Wildman–Crippen MR) is 148 cm³/mol. The standard InChI is InChI=1S/C27H29N11O4/c1-14(38-13-30-23-22(38)25(40)37(27(41)35(23)3)12-21-31-15(2)34-42-21)24(39)33-20-6-4-5-19(32-20)18-8-28-26(29-9-18)36-10-16-7-17(16)11-36/h4-6,8-9,13-14,16-17,27,41H,7,10-12H2,1-3H3,(H,32,33,39)/t14-,16?,17?,27?/m0/s1. The molecule has 1 saturated carbocycles. The van der Waals surface area contributed by atoms with Crippen LogP contribution >= 0.6 is 0 Å². The first kappa shape index (κ1) is 26.0. The summed E-state index contributed by atoms with van der Waals surface area (Å²) in [6.07, 6.45) is 4.91. The fraction of sp³-hybridized carbons (Fsp3) is 0.407. The maximum Gasteiger partial charge on any atom is 0.278 e. The number of nitrogens with zero attached hydrogens (tertiary/aromatic N) is 10. The molecule has 7 rings (SSSR count). The number of hydrogen-bond acceptors (Lipinski definition) is 12. The van der Waals surface area contributed by atoms with Gasteiger partial charge in [-0.25, -0.2) is 19.9 Å². The van der Waals surface area contributed by atoms with Crippen molar-refractivity contribution >= 4 is 29.4 Å². The number of imidazole rings is 1. The van der Waals surface area contributed by atoms with Gasteiger partial charge in [0.05, 0.1) is 12.0 Å². The Hall–Kier alpha value is -4.92. The first-order valence-corrected chi connectivity index (χ1v) is 13.7. The van der Waals surface area contributed by atoms with Crippen molar-refractivity contribution in [2.24, 2.45) is 11.8 Å². The van der Waals surface area contributed by atoms with E-state index in [9.17, 15) is 14.7 Å². The first-order chi connectivity index (χ1) is 20.3. The van der Waals surface area contributed by atoms with Crippen LogP contribution in [0.5, 0.6) is 0 Å². The van der Waals surface area contributed by atoms with E-state index in [4.69, 9.17) is 4.52 Å². The van der Waals surface area contributed by atoms with Crippen LogP contribution in [-0.2, 0) is 11.3 Å². The minimum Gasteiger partial charge on any atom is -0.356 e. The Labute approximate surface area is 240 Å². The molecule has 4 aromatic rings. The number of pyridine rings is 1. The highest BCUT2D eigenvalue weighted by Crippen LogP contribution is 2.45. The number of rotatable bonds is 7. The smallest absolute Gasteiger partial charge is 0.278 e. The van der Waals surface area contributed by atoms with E-state index in [0.717, 1.165) is 36.4 Å². The van der Waals surface area contributed by atoms with Crippen LogP contribution in [0, 0.1) is 18.8 Å². The van der Waals surface area contributed by atoms with Gasteiger partial charge in [-0.15, -0.1) is 0 Å². The molecule has 2 N–H and O–H groups in total. The Balaban J connectivity index is 1.07. The maximum absolute atomic E-state index is 13.5. The largest absolute Gasteiger partial charge is 0.356 e. The van der Waals surface area contributed by atoms with Crippen molar-refractivity contribution in [1.29, 1.82) is 0 Å². The Morgan fingerprint density at radius 2 is 1.93 bits per heavy atom. The summed E-state index contributed by atoms with van der Waals surface area (Å²) in [7, 11) is 1.60. The van der Waals surface area contributed by atoms with Crippen LogP contribution in [0.2, 0.25) is 0 Å². The average Bonchev–Trinajstić information content (AvgIpc) is 3.33. The highest BCUT2D eigenvalue weighted by Gasteiger charge is 2.46. The van der Waals surface area contributed by atoms with Crippen LogP contribution in [0.1, 0.15) is 41.6 Å². The lowest BCUT2D eigenvalue weighted by atomic mass is 10.2. The van der Waals surface area contributed by atoms with E-state index in [1.807, 2.05) is 6.07 Å². The number of amides is 2. The van der Waals surface area contributed by atoms with Crippen LogP contribution in [-0.4, -0.2) is 83.0 Å². The number of aromatic nitrogens is 7. The zero-order chi connectivity index (χ0) is 29.1. The number of anilines is 3. The minimum atomic E-state index is -1.31. The molecule has 42 heavy (non-hydrogen) atoms. The second-order valence-corrected chi connectivity index (χ2v) is 11.0. The van der Waals surface area contributed by atoms with Crippen LogP contribution in [0.15, 0.2) is 41.4 Å². The third-order valence-corrected chi connectivity index (χ3v) is 8.07. The summed E-state index contributed by atoms with van der Waals surface area (Å²) in [6.45, 7) is 5.23. The molecule has 0 aromatic carbocycles. The Bertz CT molecular complexity index is 1660. The molecular formula is C27H29N11O4. The van der Waals surface area contributed by atoms with Gasteiger partial charge in [0.15, 0.2) is 17.3 Å². The van der Waals surface area contributed by atoms with Crippen molar-refractivity contribution in [3.63, 3.8) is 0 Å². The first-order valence-electron chi connectivity index (χ1n) is 13.7. The second kappa shape index (κ2) is 9.87. The van der Waals surface area contributed by atoms with Crippen LogP contribution < -0.4 is 15.1 Å². The average molecular weight is 572 g/mol. The number of hydrogen-bond donors (Lipinski definition) is 2. The molecule has 216 valence electrons. The summed E-state index contributed by atoms with van der Waals surface area (Å²) in [5, 5.41) is 17.3. The van der Waals surface area contributed by atoms with Crippen molar-refractivity contribution in [3.8, 4) is 11.3 Å². The zero-order valence-corrected chi connectivity index (χ0v) is 23.2. The van der Waals surface area contributed by atoms with Gasteiger partial charge in [-0.1, -0.05) is 11.2 Å². The molecule has 1 aliphatic carbocycles. The normalized spacial score (nSPS) is 21.8. The van der Waals surface area contributed by atoms with Gasteiger partial charge in [0, 0.05) is 38.1 Å². The zero-order valence-electron chi connectivity index (χ0n) is 23.2.